The van der Waals surface area contributed by atoms with E-state index in [1.807, 2.05) is 18.2 Å². The maximum atomic E-state index is 9.24. The Balaban J connectivity index is 2.32. The average Bonchev–Trinajstić information content (AvgIpc) is 2.78. The van der Waals surface area contributed by atoms with Gasteiger partial charge in [0.05, 0.1) is 18.8 Å². The molecule has 2 N–H and O–H groups in total. The van der Waals surface area contributed by atoms with Crippen molar-refractivity contribution in [3.63, 3.8) is 0 Å². The van der Waals surface area contributed by atoms with Crippen LogP contribution in [0, 0.1) is 11.3 Å². The highest BCUT2D eigenvalue weighted by molar-refractivity contribution is 6.31. The molecule has 0 saturated heterocycles. The van der Waals surface area contributed by atoms with Crippen LogP contribution in [0.5, 0.6) is 5.88 Å². The topological polar surface area (TPSA) is 73.2 Å². The lowest BCUT2D eigenvalue weighted by Gasteiger charge is -2.13. The minimum absolute atomic E-state index is 0.359. The highest BCUT2D eigenvalue weighted by Crippen LogP contribution is 2.29. The van der Waals surface area contributed by atoms with Crippen LogP contribution >= 0.6 is 11.6 Å². The number of nitriles is 1. The van der Waals surface area contributed by atoms with E-state index in [9.17, 15) is 5.26 Å². The zero-order chi connectivity index (χ0) is 15.2. The number of methoxy groups -OCH3 is 1. The highest BCUT2D eigenvalue weighted by atomic mass is 35.5. The molecule has 0 unspecified atom stereocenters. The van der Waals surface area contributed by atoms with Crippen molar-refractivity contribution in [2.75, 3.05) is 26.1 Å². The van der Waals surface area contributed by atoms with E-state index in [1.54, 1.807) is 23.8 Å². The van der Waals surface area contributed by atoms with Crippen LogP contribution in [0.3, 0.4) is 0 Å². The quantitative estimate of drug-likeness (QED) is 0.833. The molecule has 0 atom stereocenters. The molecule has 110 valence electrons. The molecule has 1 heterocycles. The third-order valence-electron chi connectivity index (χ3n) is 3.00. The fourth-order valence-corrected chi connectivity index (χ4v) is 2.18. The van der Waals surface area contributed by atoms with Crippen molar-refractivity contribution in [1.29, 1.82) is 5.26 Å². The van der Waals surface area contributed by atoms with Gasteiger partial charge in [0.25, 0.3) is 0 Å². The molecule has 0 amide bonds. The van der Waals surface area contributed by atoms with Gasteiger partial charge >= 0.3 is 0 Å². The van der Waals surface area contributed by atoms with Crippen LogP contribution in [0.15, 0.2) is 30.3 Å². The Hall–Kier alpha value is -2.16. The molecule has 5 nitrogen and oxygen atoms in total. The first-order chi connectivity index (χ1) is 10.2. The molecule has 2 aromatic rings. The van der Waals surface area contributed by atoms with E-state index in [0.717, 1.165) is 5.56 Å². The van der Waals surface area contributed by atoms with Crippen LogP contribution < -0.4 is 10.5 Å². The minimum atomic E-state index is 0.359. The normalized spacial score (nSPS) is 10.3. The van der Waals surface area contributed by atoms with E-state index >= 15 is 0 Å². The molecular formula is C15H16ClN3O2. The summed E-state index contributed by atoms with van der Waals surface area (Å²) < 4.78 is 12.3. The van der Waals surface area contributed by atoms with Crippen molar-refractivity contribution in [2.45, 2.75) is 6.54 Å². The summed E-state index contributed by atoms with van der Waals surface area (Å²) in [5.41, 5.74) is 7.67. The van der Waals surface area contributed by atoms with Gasteiger partial charge in [-0.2, -0.15) is 5.26 Å². The number of rotatable bonds is 6. The minimum Gasteiger partial charge on any atom is -0.475 e. The Labute approximate surface area is 128 Å². The SMILES string of the molecule is COCCOc1c(N)cc(C#N)n1Cc1ccccc1Cl. The first kappa shape index (κ1) is 15.2. The molecule has 0 fully saturated rings. The van der Waals surface area contributed by atoms with Crippen LogP contribution in [0.1, 0.15) is 11.3 Å². The molecule has 0 spiro atoms. The zero-order valence-electron chi connectivity index (χ0n) is 11.7. The molecule has 1 aromatic carbocycles. The van der Waals surface area contributed by atoms with Gasteiger partial charge in [0.2, 0.25) is 5.88 Å². The van der Waals surface area contributed by atoms with Crippen LogP contribution in [0.25, 0.3) is 0 Å². The molecule has 0 aliphatic carbocycles. The number of nitrogens with zero attached hydrogens (tertiary/aromatic N) is 2. The molecule has 6 heteroatoms. The molecule has 0 aliphatic heterocycles. The van der Waals surface area contributed by atoms with Crippen LogP contribution in [0.2, 0.25) is 5.02 Å². The van der Waals surface area contributed by atoms with Gasteiger partial charge in [-0.05, 0) is 11.6 Å². The Morgan fingerprint density at radius 1 is 1.33 bits per heavy atom. The van der Waals surface area contributed by atoms with Crippen molar-refractivity contribution in [3.05, 3.63) is 46.6 Å². The molecule has 0 aliphatic rings. The zero-order valence-corrected chi connectivity index (χ0v) is 12.4. The number of nitrogens with two attached hydrogens (primary N) is 1. The smallest absolute Gasteiger partial charge is 0.218 e. The van der Waals surface area contributed by atoms with Crippen molar-refractivity contribution in [2.24, 2.45) is 0 Å². The molecular weight excluding hydrogens is 290 g/mol. The maximum Gasteiger partial charge on any atom is 0.218 e. The van der Waals surface area contributed by atoms with Gasteiger partial charge < -0.3 is 15.2 Å². The third kappa shape index (κ3) is 3.48. The van der Waals surface area contributed by atoms with Gasteiger partial charge in [-0.25, -0.2) is 0 Å². The third-order valence-corrected chi connectivity index (χ3v) is 3.37. The number of aromatic nitrogens is 1. The Morgan fingerprint density at radius 2 is 2.10 bits per heavy atom. The number of ether oxygens (including phenoxy) is 2. The van der Waals surface area contributed by atoms with E-state index in [2.05, 4.69) is 6.07 Å². The second-order valence-corrected chi connectivity index (χ2v) is 4.83. The number of hydrogen-bond donors (Lipinski definition) is 1. The summed E-state index contributed by atoms with van der Waals surface area (Å²) in [4.78, 5) is 0. The van der Waals surface area contributed by atoms with Gasteiger partial charge in [-0.15, -0.1) is 0 Å². The van der Waals surface area contributed by atoms with E-state index in [1.165, 1.54) is 0 Å². The predicted octanol–water partition coefficient (Wildman–Crippen LogP) is 2.67. The first-order valence-electron chi connectivity index (χ1n) is 6.41. The molecule has 0 saturated carbocycles. The highest BCUT2D eigenvalue weighted by Gasteiger charge is 2.15. The Bertz CT molecular complexity index is 661. The lowest BCUT2D eigenvalue weighted by atomic mass is 10.2. The summed E-state index contributed by atoms with van der Waals surface area (Å²) in [7, 11) is 1.59. The molecule has 0 radical (unpaired) electrons. The molecule has 0 bridgehead atoms. The van der Waals surface area contributed by atoms with E-state index in [4.69, 9.17) is 26.8 Å². The lowest BCUT2D eigenvalue weighted by Crippen LogP contribution is -2.11. The van der Waals surface area contributed by atoms with Crippen molar-refractivity contribution < 1.29 is 9.47 Å². The second-order valence-electron chi connectivity index (χ2n) is 4.42. The van der Waals surface area contributed by atoms with Crippen LogP contribution in [0.4, 0.5) is 5.69 Å². The van der Waals surface area contributed by atoms with E-state index < -0.39 is 0 Å². The summed E-state index contributed by atoms with van der Waals surface area (Å²) in [5, 5.41) is 9.87. The van der Waals surface area contributed by atoms with E-state index in [0.29, 0.717) is 42.0 Å². The summed E-state index contributed by atoms with van der Waals surface area (Å²) >= 11 is 6.17. The Kier molecular flexibility index (Phi) is 5.09. The monoisotopic (exact) mass is 305 g/mol. The molecule has 2 rings (SSSR count). The van der Waals surface area contributed by atoms with Crippen LogP contribution in [-0.4, -0.2) is 24.9 Å². The molecule has 21 heavy (non-hydrogen) atoms. The second kappa shape index (κ2) is 7.02. The van der Waals surface area contributed by atoms with Gasteiger partial charge in [0, 0.05) is 18.2 Å². The standard InChI is InChI=1S/C15H16ClN3O2/c1-20-6-7-21-15-14(18)8-12(9-17)19(15)10-11-4-2-3-5-13(11)16/h2-5,8H,6-7,10,18H2,1H3. The lowest BCUT2D eigenvalue weighted by molar-refractivity contribution is 0.142. The van der Waals surface area contributed by atoms with Crippen molar-refractivity contribution in [3.8, 4) is 11.9 Å². The van der Waals surface area contributed by atoms with Gasteiger partial charge in [0.15, 0.2) is 0 Å². The predicted molar refractivity (Wildman–Crippen MR) is 81.5 cm³/mol. The van der Waals surface area contributed by atoms with Crippen molar-refractivity contribution in [1.82, 2.24) is 4.57 Å². The number of anilines is 1. The van der Waals surface area contributed by atoms with Gasteiger partial charge in [-0.1, -0.05) is 29.8 Å². The van der Waals surface area contributed by atoms with Gasteiger partial charge in [0.1, 0.15) is 18.4 Å². The van der Waals surface area contributed by atoms with E-state index in [-0.39, 0.29) is 0 Å². The summed E-state index contributed by atoms with van der Waals surface area (Å²) in [5.74, 6) is 0.462. The fourth-order valence-electron chi connectivity index (χ4n) is 1.98. The van der Waals surface area contributed by atoms with Crippen LogP contribution in [-0.2, 0) is 11.3 Å². The number of benzene rings is 1. The average molecular weight is 306 g/mol. The van der Waals surface area contributed by atoms with Crippen molar-refractivity contribution >= 4 is 17.3 Å². The summed E-state index contributed by atoms with van der Waals surface area (Å²) in [6.45, 7) is 1.22. The Morgan fingerprint density at radius 3 is 2.76 bits per heavy atom. The number of hydrogen-bond acceptors (Lipinski definition) is 4. The summed E-state index contributed by atoms with van der Waals surface area (Å²) in [6.07, 6.45) is 0. The fraction of sp³-hybridized carbons (Fsp3) is 0.267. The molecule has 1 aromatic heterocycles. The maximum absolute atomic E-state index is 9.24. The summed E-state index contributed by atoms with van der Waals surface area (Å²) in [6, 6.07) is 11.2. The largest absolute Gasteiger partial charge is 0.475 e. The number of halogens is 1. The number of nitrogen functional groups attached to an aromatic ring is 1. The first-order valence-corrected chi connectivity index (χ1v) is 6.79. The van der Waals surface area contributed by atoms with Gasteiger partial charge in [-0.3, -0.25) is 4.57 Å².